The van der Waals surface area contributed by atoms with Gasteiger partial charge in [-0.15, -0.1) is 0 Å². The fourth-order valence-electron chi connectivity index (χ4n) is 3.61. The SMILES string of the molecule is N#CC1=C(N)OC2=C(C(=O)C[C@@H](c3ccccc3)C2)[C@H]1c1ccco1. The van der Waals surface area contributed by atoms with Crippen LogP contribution >= 0.6 is 0 Å². The van der Waals surface area contributed by atoms with Crippen LogP contribution in [0.4, 0.5) is 0 Å². The van der Waals surface area contributed by atoms with Crippen molar-refractivity contribution in [3.8, 4) is 6.07 Å². The number of nitrogens with two attached hydrogens (primary N) is 1. The minimum atomic E-state index is -0.590. The lowest BCUT2D eigenvalue weighted by Gasteiger charge is -2.33. The van der Waals surface area contributed by atoms with Crippen molar-refractivity contribution < 1.29 is 13.9 Å². The molecule has 0 amide bonds. The average molecular weight is 332 g/mol. The summed E-state index contributed by atoms with van der Waals surface area (Å²) in [6.07, 6.45) is 2.47. The van der Waals surface area contributed by atoms with E-state index >= 15 is 0 Å². The topological polar surface area (TPSA) is 89.3 Å². The fraction of sp³-hybridized carbons (Fsp3) is 0.200. The van der Waals surface area contributed by atoms with Crippen molar-refractivity contribution >= 4 is 5.78 Å². The second-order valence-electron chi connectivity index (χ2n) is 6.22. The molecule has 2 aliphatic rings. The van der Waals surface area contributed by atoms with Crippen LogP contribution in [0.15, 0.2) is 75.9 Å². The van der Waals surface area contributed by atoms with E-state index in [2.05, 4.69) is 6.07 Å². The second-order valence-corrected chi connectivity index (χ2v) is 6.22. The highest BCUT2D eigenvalue weighted by Gasteiger charge is 2.41. The van der Waals surface area contributed by atoms with E-state index in [1.807, 2.05) is 30.3 Å². The Kier molecular flexibility index (Phi) is 3.66. The Morgan fingerprint density at radius 3 is 2.60 bits per heavy atom. The maximum absolute atomic E-state index is 12.9. The molecule has 2 atom stereocenters. The Morgan fingerprint density at radius 1 is 1.12 bits per heavy atom. The van der Waals surface area contributed by atoms with Gasteiger partial charge in [0.15, 0.2) is 5.78 Å². The molecule has 0 spiro atoms. The molecule has 0 saturated heterocycles. The molecular formula is C20H16N2O3. The lowest BCUT2D eigenvalue weighted by molar-refractivity contribution is -0.117. The van der Waals surface area contributed by atoms with Gasteiger partial charge in [0.2, 0.25) is 5.88 Å². The van der Waals surface area contributed by atoms with Gasteiger partial charge in [0.1, 0.15) is 23.2 Å². The van der Waals surface area contributed by atoms with Gasteiger partial charge in [0.05, 0.1) is 12.2 Å². The number of nitriles is 1. The van der Waals surface area contributed by atoms with E-state index < -0.39 is 5.92 Å². The van der Waals surface area contributed by atoms with Crippen molar-refractivity contribution in [3.63, 3.8) is 0 Å². The lowest BCUT2D eigenvalue weighted by atomic mass is 9.75. The molecule has 1 aliphatic carbocycles. The van der Waals surface area contributed by atoms with E-state index in [1.54, 1.807) is 12.1 Å². The summed E-state index contributed by atoms with van der Waals surface area (Å²) in [4.78, 5) is 12.9. The molecule has 25 heavy (non-hydrogen) atoms. The summed E-state index contributed by atoms with van der Waals surface area (Å²) in [5.41, 5.74) is 7.78. The first-order valence-electron chi connectivity index (χ1n) is 8.11. The number of hydrogen-bond donors (Lipinski definition) is 1. The standard InChI is InChI=1S/C20H16N2O3/c21-11-14-18(16-7-4-8-24-16)19-15(23)9-13(10-17(19)25-20(14)22)12-5-2-1-3-6-12/h1-8,13,18H,9-10,22H2/t13-,18-/m1/s1. The smallest absolute Gasteiger partial charge is 0.205 e. The summed E-state index contributed by atoms with van der Waals surface area (Å²) < 4.78 is 11.2. The Bertz CT molecular complexity index is 918. The third-order valence-electron chi connectivity index (χ3n) is 4.76. The van der Waals surface area contributed by atoms with Crippen LogP contribution in [0.25, 0.3) is 0 Å². The lowest BCUT2D eigenvalue weighted by Crippen LogP contribution is -2.29. The summed E-state index contributed by atoms with van der Waals surface area (Å²) in [5.74, 6) is 0.542. The van der Waals surface area contributed by atoms with E-state index in [9.17, 15) is 10.1 Å². The molecule has 2 aromatic rings. The monoisotopic (exact) mass is 332 g/mol. The van der Waals surface area contributed by atoms with Gasteiger partial charge in [-0.1, -0.05) is 30.3 Å². The predicted molar refractivity (Wildman–Crippen MR) is 89.8 cm³/mol. The minimum absolute atomic E-state index is 0.0308. The maximum Gasteiger partial charge on any atom is 0.205 e. The number of hydrogen-bond acceptors (Lipinski definition) is 5. The van der Waals surface area contributed by atoms with Crippen molar-refractivity contribution in [1.82, 2.24) is 0 Å². The molecule has 2 heterocycles. The van der Waals surface area contributed by atoms with E-state index in [4.69, 9.17) is 14.9 Å². The highest BCUT2D eigenvalue weighted by atomic mass is 16.5. The Hall–Kier alpha value is -3.26. The van der Waals surface area contributed by atoms with Crippen LogP contribution in [0.3, 0.4) is 0 Å². The number of rotatable bonds is 2. The number of benzene rings is 1. The molecule has 0 saturated carbocycles. The maximum atomic E-state index is 12.9. The van der Waals surface area contributed by atoms with E-state index in [0.29, 0.717) is 29.9 Å². The molecule has 5 heteroatoms. The normalized spacial score (nSPS) is 23.1. The van der Waals surface area contributed by atoms with Gasteiger partial charge in [-0.2, -0.15) is 5.26 Å². The third kappa shape index (κ3) is 2.52. The molecule has 1 aliphatic heterocycles. The number of ketones is 1. The van der Waals surface area contributed by atoms with Crippen molar-refractivity contribution in [2.75, 3.05) is 0 Å². The summed E-state index contributed by atoms with van der Waals surface area (Å²) in [7, 11) is 0. The van der Waals surface area contributed by atoms with Gasteiger partial charge in [-0.25, -0.2) is 0 Å². The zero-order valence-corrected chi connectivity index (χ0v) is 13.4. The van der Waals surface area contributed by atoms with Gasteiger partial charge in [-0.05, 0) is 23.6 Å². The Morgan fingerprint density at radius 2 is 1.92 bits per heavy atom. The summed E-state index contributed by atoms with van der Waals surface area (Å²) in [6, 6.07) is 15.4. The van der Waals surface area contributed by atoms with Crippen LogP contribution < -0.4 is 5.73 Å². The average Bonchev–Trinajstić information content (AvgIpc) is 3.15. The highest BCUT2D eigenvalue weighted by molar-refractivity contribution is 6.00. The number of carbonyl (C=O) groups excluding carboxylic acids is 1. The molecule has 4 rings (SSSR count). The van der Waals surface area contributed by atoms with Gasteiger partial charge in [-0.3, -0.25) is 4.79 Å². The van der Waals surface area contributed by atoms with Gasteiger partial charge >= 0.3 is 0 Å². The third-order valence-corrected chi connectivity index (χ3v) is 4.76. The number of nitrogens with zero attached hydrogens (tertiary/aromatic N) is 1. The van der Waals surface area contributed by atoms with Crippen LogP contribution in [-0.4, -0.2) is 5.78 Å². The molecule has 0 fully saturated rings. The number of ether oxygens (including phenoxy) is 1. The number of carbonyl (C=O) groups is 1. The largest absolute Gasteiger partial charge is 0.468 e. The van der Waals surface area contributed by atoms with Crippen molar-refractivity contribution in [1.29, 1.82) is 5.26 Å². The zero-order chi connectivity index (χ0) is 17.4. The summed E-state index contributed by atoms with van der Waals surface area (Å²) in [6.45, 7) is 0. The molecule has 0 bridgehead atoms. The van der Waals surface area contributed by atoms with E-state index in [0.717, 1.165) is 5.56 Å². The van der Waals surface area contributed by atoms with Crippen LogP contribution in [-0.2, 0) is 9.53 Å². The molecule has 5 nitrogen and oxygen atoms in total. The van der Waals surface area contributed by atoms with E-state index in [1.165, 1.54) is 6.26 Å². The molecule has 1 aromatic heterocycles. The van der Waals surface area contributed by atoms with Crippen molar-refractivity contribution in [2.24, 2.45) is 5.73 Å². The van der Waals surface area contributed by atoms with Crippen molar-refractivity contribution in [3.05, 3.63) is 82.8 Å². The molecule has 0 unspecified atom stereocenters. The summed E-state index contributed by atoms with van der Waals surface area (Å²) in [5, 5.41) is 9.49. The van der Waals surface area contributed by atoms with Crippen molar-refractivity contribution in [2.45, 2.75) is 24.7 Å². The zero-order valence-electron chi connectivity index (χ0n) is 13.4. The van der Waals surface area contributed by atoms with Crippen LogP contribution in [0, 0.1) is 11.3 Å². The molecular weight excluding hydrogens is 316 g/mol. The minimum Gasteiger partial charge on any atom is -0.468 e. The predicted octanol–water partition coefficient (Wildman–Crippen LogP) is 3.49. The molecule has 1 aromatic carbocycles. The second kappa shape index (κ2) is 5.99. The first-order chi connectivity index (χ1) is 12.2. The molecule has 124 valence electrons. The van der Waals surface area contributed by atoms with Gasteiger partial charge < -0.3 is 14.9 Å². The first-order valence-corrected chi connectivity index (χ1v) is 8.11. The summed E-state index contributed by atoms with van der Waals surface area (Å²) >= 11 is 0. The number of allylic oxidation sites excluding steroid dienone is 3. The molecule has 2 N–H and O–H groups in total. The van der Waals surface area contributed by atoms with Crippen LogP contribution in [0.2, 0.25) is 0 Å². The van der Waals surface area contributed by atoms with Gasteiger partial charge in [0.25, 0.3) is 0 Å². The fourth-order valence-corrected chi connectivity index (χ4v) is 3.61. The number of furan rings is 1. The van der Waals surface area contributed by atoms with Crippen LogP contribution in [0.1, 0.15) is 36.0 Å². The Labute approximate surface area is 145 Å². The van der Waals surface area contributed by atoms with E-state index in [-0.39, 0.29) is 23.2 Å². The number of Topliss-reactive ketones (excluding diaryl/α,β-unsaturated/α-hetero) is 1. The quantitative estimate of drug-likeness (QED) is 0.909. The molecule has 0 radical (unpaired) electrons. The highest BCUT2D eigenvalue weighted by Crippen LogP contribution is 2.46. The van der Waals surface area contributed by atoms with Gasteiger partial charge in [0, 0.05) is 18.4 Å². The van der Waals surface area contributed by atoms with Crippen LogP contribution in [0.5, 0.6) is 0 Å². The first kappa shape index (κ1) is 15.3. The Balaban J connectivity index is 1.78.